The summed E-state index contributed by atoms with van der Waals surface area (Å²) in [6.45, 7) is 9.52. The first-order chi connectivity index (χ1) is 13.2. The summed E-state index contributed by atoms with van der Waals surface area (Å²) in [6.07, 6.45) is 4.94. The van der Waals surface area contributed by atoms with E-state index in [0.717, 1.165) is 5.92 Å². The van der Waals surface area contributed by atoms with Gasteiger partial charge in [-0.2, -0.15) is 0 Å². The maximum absolute atomic E-state index is 2.40. The molecule has 0 saturated heterocycles. The van der Waals surface area contributed by atoms with Crippen LogP contribution < -0.4 is 0 Å². The van der Waals surface area contributed by atoms with Crippen molar-refractivity contribution >= 4 is 0 Å². The van der Waals surface area contributed by atoms with Gasteiger partial charge < -0.3 is 0 Å². The topological polar surface area (TPSA) is 0 Å². The molecular weight excluding hydrogens is 404 g/mol. The van der Waals surface area contributed by atoms with Gasteiger partial charge in [0.05, 0.1) is 0 Å². The second-order valence-corrected chi connectivity index (χ2v) is 11.1. The van der Waals surface area contributed by atoms with E-state index in [0.29, 0.717) is 3.63 Å². The molecule has 0 amide bonds. The van der Waals surface area contributed by atoms with Gasteiger partial charge >= 0.3 is 177 Å². The molecule has 0 aliphatic heterocycles. The zero-order valence-corrected chi connectivity index (χ0v) is 19.6. The van der Waals surface area contributed by atoms with Crippen molar-refractivity contribution in [1.29, 1.82) is 0 Å². The van der Waals surface area contributed by atoms with Crippen LogP contribution in [-0.4, -0.2) is 0 Å². The van der Waals surface area contributed by atoms with E-state index in [2.05, 4.69) is 76.2 Å². The van der Waals surface area contributed by atoms with Crippen LogP contribution in [0.1, 0.15) is 68.1 Å². The number of rotatable bonds is 6. The first kappa shape index (κ1) is 19.1. The molecule has 27 heavy (non-hydrogen) atoms. The van der Waals surface area contributed by atoms with Crippen molar-refractivity contribution in [3.8, 4) is 11.1 Å². The van der Waals surface area contributed by atoms with Crippen LogP contribution in [0.3, 0.4) is 0 Å². The van der Waals surface area contributed by atoms with Crippen molar-refractivity contribution in [2.24, 2.45) is 5.92 Å². The Morgan fingerprint density at radius 1 is 0.704 bits per heavy atom. The van der Waals surface area contributed by atoms with E-state index in [4.69, 9.17) is 0 Å². The summed E-state index contributed by atoms with van der Waals surface area (Å²) in [4.78, 5) is 0. The second-order valence-electron chi connectivity index (χ2n) is 7.67. The van der Waals surface area contributed by atoms with E-state index >= 15 is 0 Å². The molecule has 1 atom stereocenters. The van der Waals surface area contributed by atoms with Crippen molar-refractivity contribution in [1.82, 2.24) is 0 Å². The standard InChI is InChI=1S/C13H9.C13H21.Zr/c1-3-7-12-10(5-1)9-11-6-2-4-8-13(11)12;1-5-10-9-11(6-2)13(8-4)12(10)7-3;/h1-9H;10H,5-8H2,1-4H3;. The van der Waals surface area contributed by atoms with E-state index in [1.165, 1.54) is 36.8 Å². The number of hydrogen-bond donors (Lipinski definition) is 0. The normalized spacial score (nSPS) is 18.9. The average molecular weight is 434 g/mol. The summed E-state index contributed by atoms with van der Waals surface area (Å²) < 4.78 is 2.59. The van der Waals surface area contributed by atoms with Crippen molar-refractivity contribution in [3.05, 3.63) is 79.7 Å². The Morgan fingerprint density at radius 3 is 1.74 bits per heavy atom. The minimum atomic E-state index is -0.772. The Morgan fingerprint density at radius 2 is 1.26 bits per heavy atom. The van der Waals surface area contributed by atoms with Gasteiger partial charge in [-0.25, -0.2) is 0 Å². The number of fused-ring (bicyclic) bond motifs is 3. The molecule has 0 aromatic heterocycles. The van der Waals surface area contributed by atoms with Crippen LogP contribution in [0.25, 0.3) is 11.1 Å². The SMILES string of the molecule is CCC1=C(CC)C(CC)[C]([Zr][CH]2c3ccccc3-c3ccccc32)=C1CC. The molecule has 4 rings (SSSR count). The average Bonchev–Trinajstić information content (AvgIpc) is 3.20. The fourth-order valence-corrected chi connectivity index (χ4v) is 10.8. The Bertz CT molecular complexity index is 870. The maximum atomic E-state index is 2.40. The zero-order chi connectivity index (χ0) is 19.0. The van der Waals surface area contributed by atoms with Gasteiger partial charge in [-0.05, 0) is 0 Å². The van der Waals surface area contributed by atoms with E-state index in [-0.39, 0.29) is 0 Å². The van der Waals surface area contributed by atoms with E-state index in [1.54, 1.807) is 27.8 Å². The van der Waals surface area contributed by atoms with Crippen LogP contribution in [0.5, 0.6) is 0 Å². The predicted octanol–water partition coefficient (Wildman–Crippen LogP) is 7.66. The Labute approximate surface area is 176 Å². The molecule has 0 heterocycles. The molecule has 2 aliphatic rings. The minimum absolute atomic E-state index is 0.681. The number of allylic oxidation sites excluding steroid dienone is 4. The van der Waals surface area contributed by atoms with Crippen LogP contribution in [0.4, 0.5) is 0 Å². The van der Waals surface area contributed by atoms with E-state index in [1.807, 2.05) is 3.28 Å². The second kappa shape index (κ2) is 8.04. The summed E-state index contributed by atoms with van der Waals surface area (Å²) in [5.74, 6) is 0.742. The van der Waals surface area contributed by atoms with Crippen LogP contribution in [0, 0.1) is 5.92 Å². The monoisotopic (exact) mass is 432 g/mol. The van der Waals surface area contributed by atoms with Crippen LogP contribution >= 0.6 is 0 Å². The molecule has 0 spiro atoms. The summed E-state index contributed by atoms with van der Waals surface area (Å²) in [5, 5.41) is 0. The molecule has 0 nitrogen and oxygen atoms in total. The van der Waals surface area contributed by atoms with Crippen molar-refractivity contribution in [2.75, 3.05) is 0 Å². The van der Waals surface area contributed by atoms with Gasteiger partial charge in [0.2, 0.25) is 0 Å². The summed E-state index contributed by atoms with van der Waals surface area (Å²) in [6, 6.07) is 18.4. The molecule has 2 aliphatic carbocycles. The first-order valence-electron chi connectivity index (χ1n) is 10.6. The molecular formula is C26H30Zr. The van der Waals surface area contributed by atoms with E-state index in [9.17, 15) is 0 Å². The molecule has 1 unspecified atom stereocenters. The number of benzene rings is 2. The molecule has 138 valence electrons. The molecule has 0 saturated carbocycles. The van der Waals surface area contributed by atoms with E-state index < -0.39 is 23.2 Å². The quantitative estimate of drug-likeness (QED) is 0.438. The van der Waals surface area contributed by atoms with Gasteiger partial charge in [0, 0.05) is 0 Å². The third-order valence-corrected chi connectivity index (χ3v) is 11.1. The fourth-order valence-electron chi connectivity index (χ4n) is 5.36. The molecule has 0 N–H and O–H groups in total. The Kier molecular flexibility index (Phi) is 5.70. The van der Waals surface area contributed by atoms with Gasteiger partial charge in [0.15, 0.2) is 0 Å². The summed E-state index contributed by atoms with van der Waals surface area (Å²) >= 11 is -0.772. The molecule has 1 heteroatoms. The first-order valence-corrected chi connectivity index (χ1v) is 13.3. The molecule has 0 bridgehead atoms. The predicted molar refractivity (Wildman–Crippen MR) is 112 cm³/mol. The van der Waals surface area contributed by atoms with Gasteiger partial charge in [-0.15, -0.1) is 0 Å². The van der Waals surface area contributed by atoms with Gasteiger partial charge in [0.1, 0.15) is 0 Å². The van der Waals surface area contributed by atoms with Crippen molar-refractivity contribution in [2.45, 2.75) is 57.0 Å². The molecule has 2 aromatic rings. The van der Waals surface area contributed by atoms with Gasteiger partial charge in [-0.3, -0.25) is 0 Å². The fraction of sp³-hybridized carbons (Fsp3) is 0.385. The van der Waals surface area contributed by atoms with Crippen molar-refractivity contribution in [3.63, 3.8) is 0 Å². The van der Waals surface area contributed by atoms with Crippen LogP contribution in [-0.2, 0) is 23.2 Å². The third kappa shape index (κ3) is 3.07. The summed E-state index contributed by atoms with van der Waals surface area (Å²) in [7, 11) is 0. The summed E-state index contributed by atoms with van der Waals surface area (Å²) in [5.41, 5.74) is 11.4. The van der Waals surface area contributed by atoms with Crippen LogP contribution in [0.15, 0.2) is 68.5 Å². The Balaban J connectivity index is 1.80. The van der Waals surface area contributed by atoms with Gasteiger partial charge in [0.25, 0.3) is 0 Å². The molecule has 0 fully saturated rings. The third-order valence-electron chi connectivity index (χ3n) is 6.48. The van der Waals surface area contributed by atoms with Crippen molar-refractivity contribution < 1.29 is 23.2 Å². The number of hydrogen-bond acceptors (Lipinski definition) is 0. The Hall–Kier alpha value is -1.20. The van der Waals surface area contributed by atoms with Crippen LogP contribution in [0.2, 0.25) is 0 Å². The van der Waals surface area contributed by atoms with Gasteiger partial charge in [-0.1, -0.05) is 0 Å². The zero-order valence-electron chi connectivity index (χ0n) is 17.1. The molecule has 2 aromatic carbocycles. The molecule has 0 radical (unpaired) electrons.